The van der Waals surface area contributed by atoms with Gasteiger partial charge in [0.25, 0.3) is 0 Å². The van der Waals surface area contributed by atoms with Crippen molar-refractivity contribution in [3.63, 3.8) is 0 Å². The molecule has 0 saturated carbocycles. The lowest BCUT2D eigenvalue weighted by atomic mass is 10.2. The van der Waals surface area contributed by atoms with E-state index in [1.807, 2.05) is 56.3 Å². The van der Waals surface area contributed by atoms with E-state index in [1.54, 1.807) is 21.3 Å². The largest absolute Gasteiger partial charge is 0.497 e. The molecule has 0 amide bonds. The number of rotatable bonds is 9. The molecule has 1 atom stereocenters. The fourth-order valence-electron chi connectivity index (χ4n) is 2.52. The molecular formula is C21H29N3O4. The molecule has 2 aromatic rings. The number of methoxy groups -OCH3 is 2. The molecule has 0 aliphatic carbocycles. The number of hydrogen-bond donors (Lipinski definition) is 2. The highest BCUT2D eigenvalue weighted by atomic mass is 16.5. The highest BCUT2D eigenvalue weighted by Gasteiger charge is 2.09. The van der Waals surface area contributed by atoms with E-state index in [9.17, 15) is 0 Å². The van der Waals surface area contributed by atoms with Crippen LogP contribution in [-0.4, -0.2) is 46.5 Å². The number of nitrogens with zero attached hydrogens (tertiary/aromatic N) is 1. The fourth-order valence-corrected chi connectivity index (χ4v) is 2.52. The summed E-state index contributed by atoms with van der Waals surface area (Å²) in [4.78, 5) is 4.25. The molecular weight excluding hydrogens is 358 g/mol. The number of anilines is 1. The SMILES string of the molecule is CCOc1ccc(NC(=NC)NCC(C)Oc2cccc(OC)c2)cc1OC. The van der Waals surface area contributed by atoms with E-state index in [1.165, 1.54) is 0 Å². The van der Waals surface area contributed by atoms with Crippen LogP contribution in [0.15, 0.2) is 47.5 Å². The maximum absolute atomic E-state index is 5.92. The van der Waals surface area contributed by atoms with Gasteiger partial charge in [-0.1, -0.05) is 6.07 Å². The van der Waals surface area contributed by atoms with Crippen LogP contribution < -0.4 is 29.6 Å². The van der Waals surface area contributed by atoms with Crippen molar-refractivity contribution in [2.75, 3.05) is 39.7 Å². The molecule has 152 valence electrons. The molecule has 28 heavy (non-hydrogen) atoms. The number of aliphatic imine (C=N–C) groups is 1. The molecule has 0 aliphatic heterocycles. The van der Waals surface area contributed by atoms with Gasteiger partial charge in [-0.15, -0.1) is 0 Å². The predicted molar refractivity (Wildman–Crippen MR) is 112 cm³/mol. The van der Waals surface area contributed by atoms with Gasteiger partial charge in [0.1, 0.15) is 17.6 Å². The smallest absolute Gasteiger partial charge is 0.195 e. The Balaban J connectivity index is 1.91. The lowest BCUT2D eigenvalue weighted by molar-refractivity contribution is 0.223. The molecule has 2 N–H and O–H groups in total. The second-order valence-electron chi connectivity index (χ2n) is 5.98. The highest BCUT2D eigenvalue weighted by molar-refractivity contribution is 5.93. The number of guanidine groups is 1. The van der Waals surface area contributed by atoms with E-state index in [4.69, 9.17) is 18.9 Å². The van der Waals surface area contributed by atoms with Gasteiger partial charge in [0.05, 0.1) is 27.4 Å². The molecule has 0 aliphatic rings. The van der Waals surface area contributed by atoms with Gasteiger partial charge in [0.15, 0.2) is 17.5 Å². The van der Waals surface area contributed by atoms with Crippen LogP contribution in [-0.2, 0) is 0 Å². The second-order valence-corrected chi connectivity index (χ2v) is 5.98. The van der Waals surface area contributed by atoms with Crippen molar-refractivity contribution in [3.8, 4) is 23.0 Å². The van der Waals surface area contributed by atoms with Crippen LogP contribution in [0.5, 0.6) is 23.0 Å². The zero-order valence-electron chi connectivity index (χ0n) is 17.1. The van der Waals surface area contributed by atoms with Gasteiger partial charge in [-0.25, -0.2) is 0 Å². The molecule has 0 saturated heterocycles. The normalized spacial score (nSPS) is 12.1. The summed E-state index contributed by atoms with van der Waals surface area (Å²) in [7, 11) is 4.97. The van der Waals surface area contributed by atoms with Crippen LogP contribution in [0, 0.1) is 0 Å². The van der Waals surface area contributed by atoms with Gasteiger partial charge in [-0.2, -0.15) is 0 Å². The zero-order valence-corrected chi connectivity index (χ0v) is 17.1. The van der Waals surface area contributed by atoms with Crippen LogP contribution >= 0.6 is 0 Å². The lowest BCUT2D eigenvalue weighted by Crippen LogP contribution is -2.37. The minimum Gasteiger partial charge on any atom is -0.497 e. The average Bonchev–Trinajstić information content (AvgIpc) is 2.72. The topological polar surface area (TPSA) is 73.3 Å². The minimum absolute atomic E-state index is 0.0690. The Bertz CT molecular complexity index is 780. The van der Waals surface area contributed by atoms with Crippen molar-refractivity contribution in [1.82, 2.24) is 5.32 Å². The zero-order chi connectivity index (χ0) is 20.4. The van der Waals surface area contributed by atoms with Crippen LogP contribution in [0.1, 0.15) is 13.8 Å². The molecule has 1 unspecified atom stereocenters. The maximum atomic E-state index is 5.92. The van der Waals surface area contributed by atoms with E-state index < -0.39 is 0 Å². The monoisotopic (exact) mass is 387 g/mol. The standard InChI is InChI=1S/C21H29N3O4/c1-6-27-19-11-10-16(12-20(19)26-5)24-21(22-3)23-14-15(2)28-18-9-7-8-17(13-18)25-4/h7-13,15H,6,14H2,1-5H3,(H2,22,23,24). The van der Waals surface area contributed by atoms with Crippen LogP contribution in [0.25, 0.3) is 0 Å². The van der Waals surface area contributed by atoms with Crippen molar-refractivity contribution >= 4 is 11.6 Å². The van der Waals surface area contributed by atoms with Gasteiger partial charge in [0, 0.05) is 24.9 Å². The van der Waals surface area contributed by atoms with E-state index in [0.29, 0.717) is 30.6 Å². The highest BCUT2D eigenvalue weighted by Crippen LogP contribution is 2.30. The quantitative estimate of drug-likeness (QED) is 0.506. The first-order valence-corrected chi connectivity index (χ1v) is 9.18. The summed E-state index contributed by atoms with van der Waals surface area (Å²) in [6.45, 7) is 5.08. The van der Waals surface area contributed by atoms with Crippen LogP contribution in [0.4, 0.5) is 5.69 Å². The van der Waals surface area contributed by atoms with Gasteiger partial charge < -0.3 is 29.6 Å². The molecule has 0 radical (unpaired) electrons. The van der Waals surface area contributed by atoms with Crippen LogP contribution in [0.3, 0.4) is 0 Å². The molecule has 0 spiro atoms. The Kier molecular flexibility index (Phi) is 8.27. The number of benzene rings is 2. The molecule has 7 heteroatoms. The van der Waals surface area contributed by atoms with E-state index in [0.717, 1.165) is 17.2 Å². The molecule has 0 aromatic heterocycles. The van der Waals surface area contributed by atoms with Gasteiger partial charge in [0.2, 0.25) is 0 Å². The summed E-state index contributed by atoms with van der Waals surface area (Å²) in [6.07, 6.45) is -0.0690. The second kappa shape index (κ2) is 10.9. The molecule has 0 fully saturated rings. The number of hydrogen-bond acceptors (Lipinski definition) is 5. The van der Waals surface area contributed by atoms with Gasteiger partial charge in [-0.3, -0.25) is 4.99 Å². The maximum Gasteiger partial charge on any atom is 0.195 e. The summed E-state index contributed by atoms with van der Waals surface area (Å²) in [5.41, 5.74) is 0.842. The third-order valence-corrected chi connectivity index (χ3v) is 3.89. The Labute approximate surface area is 166 Å². The third kappa shape index (κ3) is 6.26. The summed E-state index contributed by atoms with van der Waals surface area (Å²) in [5.74, 6) is 3.52. The Morgan fingerprint density at radius 3 is 2.50 bits per heavy atom. The summed E-state index contributed by atoms with van der Waals surface area (Å²) >= 11 is 0. The molecule has 0 heterocycles. The molecule has 2 rings (SSSR count). The van der Waals surface area contributed by atoms with Crippen LogP contribution in [0.2, 0.25) is 0 Å². The van der Waals surface area contributed by atoms with Gasteiger partial charge in [-0.05, 0) is 38.1 Å². The summed E-state index contributed by atoms with van der Waals surface area (Å²) in [6, 6.07) is 13.2. The van der Waals surface area contributed by atoms with Crippen molar-refractivity contribution in [3.05, 3.63) is 42.5 Å². The van der Waals surface area contributed by atoms with Crippen molar-refractivity contribution in [1.29, 1.82) is 0 Å². The van der Waals surface area contributed by atoms with Crippen molar-refractivity contribution in [2.45, 2.75) is 20.0 Å². The van der Waals surface area contributed by atoms with Crippen molar-refractivity contribution in [2.24, 2.45) is 4.99 Å². The van der Waals surface area contributed by atoms with E-state index in [-0.39, 0.29) is 6.10 Å². The number of nitrogens with one attached hydrogen (secondary N) is 2. The first-order chi connectivity index (χ1) is 13.6. The Hall–Kier alpha value is -3.09. The molecule has 2 aromatic carbocycles. The first kappa shape index (κ1) is 21.2. The Morgan fingerprint density at radius 2 is 1.82 bits per heavy atom. The third-order valence-electron chi connectivity index (χ3n) is 3.89. The molecule has 0 bridgehead atoms. The lowest BCUT2D eigenvalue weighted by Gasteiger charge is -2.18. The van der Waals surface area contributed by atoms with Crippen molar-refractivity contribution < 1.29 is 18.9 Å². The fraction of sp³-hybridized carbons (Fsp3) is 0.381. The van der Waals surface area contributed by atoms with Gasteiger partial charge >= 0.3 is 0 Å². The minimum atomic E-state index is -0.0690. The van der Waals surface area contributed by atoms with E-state index in [2.05, 4.69) is 15.6 Å². The Morgan fingerprint density at radius 1 is 1.04 bits per heavy atom. The first-order valence-electron chi connectivity index (χ1n) is 9.18. The summed E-state index contributed by atoms with van der Waals surface area (Å²) in [5, 5.41) is 6.49. The summed E-state index contributed by atoms with van der Waals surface area (Å²) < 4.78 is 22.1. The van der Waals surface area contributed by atoms with E-state index >= 15 is 0 Å². The average molecular weight is 387 g/mol. The molecule has 7 nitrogen and oxygen atoms in total. The predicted octanol–water partition coefficient (Wildman–Crippen LogP) is 3.56. The number of ether oxygens (including phenoxy) is 4.